The van der Waals surface area contributed by atoms with Crippen molar-refractivity contribution in [1.29, 1.82) is 0 Å². The molecule has 1 aromatic heterocycles. The lowest BCUT2D eigenvalue weighted by molar-refractivity contribution is 0.0948. The van der Waals surface area contributed by atoms with E-state index in [-0.39, 0.29) is 11.8 Å². The molecule has 0 aliphatic heterocycles. The summed E-state index contributed by atoms with van der Waals surface area (Å²) in [7, 11) is 3.77. The van der Waals surface area contributed by atoms with E-state index < -0.39 is 0 Å². The number of benzene rings is 1. The number of carbonyl (C=O) groups excluding carboxylic acids is 2. The summed E-state index contributed by atoms with van der Waals surface area (Å²) >= 11 is 1.38. The van der Waals surface area contributed by atoms with E-state index in [4.69, 9.17) is 0 Å². The molecule has 0 fully saturated rings. The maximum Gasteiger partial charge on any atom is 0.265 e. The molecule has 0 spiro atoms. The number of hydrogen-bond acceptors (Lipinski definition) is 4. The van der Waals surface area contributed by atoms with Crippen LogP contribution in [0.4, 0.5) is 11.4 Å². The van der Waals surface area contributed by atoms with Gasteiger partial charge in [0.15, 0.2) is 0 Å². The molecule has 2 rings (SSSR count). The van der Waals surface area contributed by atoms with Crippen LogP contribution < -0.4 is 15.5 Å². The molecule has 0 aliphatic rings. The molecule has 0 saturated carbocycles. The van der Waals surface area contributed by atoms with E-state index >= 15 is 0 Å². The lowest BCUT2D eigenvalue weighted by Gasteiger charge is -2.19. The Morgan fingerprint density at radius 2 is 1.92 bits per heavy atom. The zero-order valence-corrected chi connectivity index (χ0v) is 15.2. The Hall–Kier alpha value is -2.34. The minimum atomic E-state index is -0.170. The summed E-state index contributed by atoms with van der Waals surface area (Å²) in [6.45, 7) is 4.70. The van der Waals surface area contributed by atoms with Crippen LogP contribution in [0.2, 0.25) is 0 Å². The Bertz CT molecular complexity index is 709. The molecule has 0 saturated heterocycles. The molecule has 24 heavy (non-hydrogen) atoms. The highest BCUT2D eigenvalue weighted by molar-refractivity contribution is 7.12. The van der Waals surface area contributed by atoms with Crippen LogP contribution in [0.15, 0.2) is 35.7 Å². The van der Waals surface area contributed by atoms with Crippen LogP contribution in [0.5, 0.6) is 0 Å². The molecule has 2 N–H and O–H groups in total. The van der Waals surface area contributed by atoms with Crippen molar-refractivity contribution in [2.75, 3.05) is 30.9 Å². The highest BCUT2D eigenvalue weighted by Gasteiger charge is 2.15. The molecular weight excluding hydrogens is 322 g/mol. The number of rotatable bonds is 6. The predicted octanol–water partition coefficient (Wildman–Crippen LogP) is 3.45. The van der Waals surface area contributed by atoms with Crippen LogP contribution >= 0.6 is 11.3 Å². The molecule has 2 amide bonds. The average molecular weight is 345 g/mol. The largest absolute Gasteiger partial charge is 0.377 e. The molecular formula is C18H23N3O2S. The van der Waals surface area contributed by atoms with E-state index in [0.717, 1.165) is 5.69 Å². The van der Waals surface area contributed by atoms with Crippen molar-refractivity contribution in [2.45, 2.75) is 13.8 Å². The molecule has 0 aliphatic carbocycles. The number of hydrogen-bond donors (Lipinski definition) is 2. The number of nitrogens with one attached hydrogen (secondary N) is 2. The van der Waals surface area contributed by atoms with E-state index in [1.807, 2.05) is 50.4 Å². The summed E-state index contributed by atoms with van der Waals surface area (Å²) < 4.78 is 0. The molecule has 0 bridgehead atoms. The van der Waals surface area contributed by atoms with Crippen molar-refractivity contribution in [3.05, 3.63) is 46.2 Å². The van der Waals surface area contributed by atoms with Gasteiger partial charge in [0.2, 0.25) is 0 Å². The fourth-order valence-corrected chi connectivity index (χ4v) is 2.80. The molecule has 6 heteroatoms. The van der Waals surface area contributed by atoms with Crippen LogP contribution in [0, 0.1) is 5.92 Å². The van der Waals surface area contributed by atoms with Crippen LogP contribution in [0.1, 0.15) is 33.9 Å². The summed E-state index contributed by atoms with van der Waals surface area (Å²) in [6.07, 6.45) is 0. The van der Waals surface area contributed by atoms with Crippen molar-refractivity contribution >= 4 is 34.5 Å². The predicted molar refractivity (Wildman–Crippen MR) is 100 cm³/mol. The van der Waals surface area contributed by atoms with Gasteiger partial charge < -0.3 is 15.5 Å². The monoisotopic (exact) mass is 345 g/mol. The third-order valence-electron chi connectivity index (χ3n) is 3.40. The van der Waals surface area contributed by atoms with Gasteiger partial charge in [0.1, 0.15) is 0 Å². The fraction of sp³-hybridized carbons (Fsp3) is 0.333. The van der Waals surface area contributed by atoms with Crippen LogP contribution in [-0.4, -0.2) is 32.5 Å². The topological polar surface area (TPSA) is 61.4 Å². The number of amides is 2. The maximum absolute atomic E-state index is 12.5. The van der Waals surface area contributed by atoms with Gasteiger partial charge in [-0.1, -0.05) is 19.9 Å². The Labute approximate surface area is 146 Å². The molecule has 128 valence electrons. The minimum Gasteiger partial charge on any atom is -0.377 e. The molecule has 2 aromatic rings. The number of anilines is 2. The first-order chi connectivity index (χ1) is 11.4. The molecule has 0 unspecified atom stereocenters. The second-order valence-electron chi connectivity index (χ2n) is 6.16. The lowest BCUT2D eigenvalue weighted by atomic mass is 10.1. The van der Waals surface area contributed by atoms with Crippen molar-refractivity contribution in [1.82, 2.24) is 5.32 Å². The first kappa shape index (κ1) is 18.0. The first-order valence-electron chi connectivity index (χ1n) is 7.83. The van der Waals surface area contributed by atoms with Crippen molar-refractivity contribution < 1.29 is 9.59 Å². The summed E-state index contributed by atoms with van der Waals surface area (Å²) in [5, 5.41) is 7.63. The van der Waals surface area contributed by atoms with E-state index in [2.05, 4.69) is 10.6 Å². The van der Waals surface area contributed by atoms with Crippen molar-refractivity contribution in [2.24, 2.45) is 5.92 Å². The highest BCUT2D eigenvalue weighted by Crippen LogP contribution is 2.24. The third kappa shape index (κ3) is 4.58. The van der Waals surface area contributed by atoms with Gasteiger partial charge in [0, 0.05) is 32.0 Å². The smallest absolute Gasteiger partial charge is 0.265 e. The SMILES string of the molecule is CC(C)CNC(=O)c1cc(NC(=O)c2cccs2)ccc1N(C)C. The Morgan fingerprint density at radius 1 is 1.17 bits per heavy atom. The van der Waals surface area contributed by atoms with Gasteiger partial charge in [-0.05, 0) is 35.6 Å². The average Bonchev–Trinajstić information content (AvgIpc) is 3.06. The number of nitrogens with zero attached hydrogens (tertiary/aromatic N) is 1. The standard InChI is InChI=1S/C18H23N3O2S/c1-12(2)11-19-17(22)14-10-13(7-8-15(14)21(3)4)20-18(23)16-6-5-9-24-16/h5-10,12H,11H2,1-4H3,(H,19,22)(H,20,23). The second kappa shape index (κ2) is 7.97. The van der Waals surface area contributed by atoms with E-state index in [9.17, 15) is 9.59 Å². The summed E-state index contributed by atoms with van der Waals surface area (Å²) in [5.41, 5.74) is 1.96. The van der Waals surface area contributed by atoms with Crippen LogP contribution in [-0.2, 0) is 0 Å². The van der Waals surface area contributed by atoms with Crippen LogP contribution in [0.25, 0.3) is 0 Å². The Kier molecular flexibility index (Phi) is 5.98. The fourth-order valence-electron chi connectivity index (χ4n) is 2.18. The summed E-state index contributed by atoms with van der Waals surface area (Å²) in [4.78, 5) is 27.2. The quantitative estimate of drug-likeness (QED) is 0.843. The van der Waals surface area contributed by atoms with Gasteiger partial charge in [-0.15, -0.1) is 11.3 Å². The lowest BCUT2D eigenvalue weighted by Crippen LogP contribution is -2.29. The van der Waals surface area contributed by atoms with Gasteiger partial charge in [0.05, 0.1) is 10.4 Å². The highest BCUT2D eigenvalue weighted by atomic mass is 32.1. The maximum atomic E-state index is 12.5. The zero-order valence-electron chi connectivity index (χ0n) is 14.4. The van der Waals surface area contributed by atoms with E-state index in [1.54, 1.807) is 18.2 Å². The summed E-state index contributed by atoms with van der Waals surface area (Å²) in [6, 6.07) is 8.97. The first-order valence-corrected chi connectivity index (χ1v) is 8.71. The van der Waals surface area contributed by atoms with E-state index in [1.165, 1.54) is 11.3 Å². The molecule has 5 nitrogen and oxygen atoms in total. The Morgan fingerprint density at radius 3 is 2.50 bits per heavy atom. The molecule has 0 radical (unpaired) electrons. The third-order valence-corrected chi connectivity index (χ3v) is 4.27. The van der Waals surface area contributed by atoms with Gasteiger partial charge in [0.25, 0.3) is 11.8 Å². The normalized spacial score (nSPS) is 10.5. The van der Waals surface area contributed by atoms with Crippen molar-refractivity contribution in [3.8, 4) is 0 Å². The number of thiophene rings is 1. The number of carbonyl (C=O) groups is 2. The minimum absolute atomic E-state index is 0.139. The Balaban J connectivity index is 2.23. The zero-order chi connectivity index (χ0) is 17.7. The van der Waals surface area contributed by atoms with Crippen LogP contribution in [0.3, 0.4) is 0 Å². The molecule has 0 atom stereocenters. The second-order valence-corrected chi connectivity index (χ2v) is 7.11. The van der Waals surface area contributed by atoms with Crippen molar-refractivity contribution in [3.63, 3.8) is 0 Å². The molecule has 1 aromatic carbocycles. The molecule has 1 heterocycles. The van der Waals surface area contributed by atoms with E-state index in [0.29, 0.717) is 28.6 Å². The van der Waals surface area contributed by atoms with Gasteiger partial charge >= 0.3 is 0 Å². The van der Waals surface area contributed by atoms with Gasteiger partial charge in [-0.25, -0.2) is 0 Å². The van der Waals surface area contributed by atoms with Gasteiger partial charge in [-0.2, -0.15) is 0 Å². The summed E-state index contributed by atoms with van der Waals surface area (Å²) in [5.74, 6) is 0.0641. The van der Waals surface area contributed by atoms with Gasteiger partial charge in [-0.3, -0.25) is 9.59 Å².